The van der Waals surface area contributed by atoms with Crippen LogP contribution >= 0.6 is 0 Å². The maximum Gasteiger partial charge on any atom is 0.0480 e. The number of ether oxygens (including phenoxy) is 1. The molecule has 0 spiro atoms. The van der Waals surface area contributed by atoms with Gasteiger partial charge < -0.3 is 10.5 Å². The number of nitrogens with zero attached hydrogens (tertiary/aromatic N) is 1. The van der Waals surface area contributed by atoms with Crippen molar-refractivity contribution >= 4 is 0 Å². The van der Waals surface area contributed by atoms with Crippen molar-refractivity contribution in [2.75, 3.05) is 20.3 Å². The summed E-state index contributed by atoms with van der Waals surface area (Å²) in [5, 5.41) is 0. The normalized spacial score (nSPS) is 28.6. The summed E-state index contributed by atoms with van der Waals surface area (Å²) in [6.45, 7) is 1.80. The van der Waals surface area contributed by atoms with Crippen LogP contribution in [0.25, 0.3) is 0 Å². The van der Waals surface area contributed by atoms with Gasteiger partial charge in [-0.3, -0.25) is 4.90 Å². The molecule has 0 bridgehead atoms. The van der Waals surface area contributed by atoms with Crippen LogP contribution in [-0.4, -0.2) is 31.2 Å². The summed E-state index contributed by atoms with van der Waals surface area (Å²) < 4.78 is 5.45. The Balaban J connectivity index is 1.81. The molecule has 0 saturated carbocycles. The highest BCUT2D eigenvalue weighted by atomic mass is 16.5. The van der Waals surface area contributed by atoms with Crippen molar-refractivity contribution in [3.8, 4) is 0 Å². The molecule has 2 aliphatic rings. The molecule has 1 aliphatic carbocycles. The number of hydrogen-bond donors (Lipinski definition) is 1. The highest BCUT2D eigenvalue weighted by Crippen LogP contribution is 2.41. The molecule has 1 aromatic rings. The quantitative estimate of drug-likeness (QED) is 0.869. The summed E-state index contributed by atoms with van der Waals surface area (Å²) in [4.78, 5) is 2.52. The van der Waals surface area contributed by atoms with E-state index in [1.165, 1.54) is 11.1 Å². The summed E-state index contributed by atoms with van der Waals surface area (Å²) in [6, 6.07) is 9.97. The zero-order chi connectivity index (χ0) is 12.5. The molecule has 1 fully saturated rings. The second kappa shape index (κ2) is 5.00. The molecule has 0 amide bonds. The van der Waals surface area contributed by atoms with Crippen LogP contribution in [0.4, 0.5) is 0 Å². The second-order valence-electron chi connectivity index (χ2n) is 5.50. The summed E-state index contributed by atoms with van der Waals surface area (Å²) in [6.07, 6.45) is 3.34. The molecule has 1 aromatic carbocycles. The molecule has 2 unspecified atom stereocenters. The number of benzene rings is 1. The van der Waals surface area contributed by atoms with Crippen LogP contribution in [0.15, 0.2) is 24.3 Å². The van der Waals surface area contributed by atoms with Gasteiger partial charge in [0.15, 0.2) is 0 Å². The van der Waals surface area contributed by atoms with Gasteiger partial charge in [-0.25, -0.2) is 0 Å². The fraction of sp³-hybridized carbons (Fsp3) is 0.600. The summed E-state index contributed by atoms with van der Waals surface area (Å²) in [7, 11) is 2.25. The van der Waals surface area contributed by atoms with E-state index in [0.717, 1.165) is 32.5 Å². The fourth-order valence-electron chi connectivity index (χ4n) is 3.38. The zero-order valence-electron chi connectivity index (χ0n) is 11.0. The summed E-state index contributed by atoms with van der Waals surface area (Å²) in [5.74, 6) is 0. The molecule has 3 rings (SSSR count). The van der Waals surface area contributed by atoms with Gasteiger partial charge in [-0.1, -0.05) is 24.3 Å². The van der Waals surface area contributed by atoms with Crippen LogP contribution in [0.5, 0.6) is 0 Å². The van der Waals surface area contributed by atoms with E-state index in [1.54, 1.807) is 0 Å². The Morgan fingerprint density at radius 3 is 2.56 bits per heavy atom. The average Bonchev–Trinajstić information content (AvgIpc) is 2.77. The fourth-order valence-corrected chi connectivity index (χ4v) is 3.38. The van der Waals surface area contributed by atoms with Gasteiger partial charge in [-0.15, -0.1) is 0 Å². The van der Waals surface area contributed by atoms with Crippen molar-refractivity contribution in [2.45, 2.75) is 37.4 Å². The smallest absolute Gasteiger partial charge is 0.0480 e. The first-order valence-electron chi connectivity index (χ1n) is 6.91. The van der Waals surface area contributed by atoms with Gasteiger partial charge in [0.25, 0.3) is 0 Å². The molecule has 0 radical (unpaired) electrons. The van der Waals surface area contributed by atoms with Gasteiger partial charge in [-0.2, -0.15) is 0 Å². The van der Waals surface area contributed by atoms with Crippen molar-refractivity contribution in [1.82, 2.24) is 4.90 Å². The van der Waals surface area contributed by atoms with Crippen molar-refractivity contribution in [1.29, 1.82) is 0 Å². The van der Waals surface area contributed by atoms with Gasteiger partial charge in [0.1, 0.15) is 0 Å². The van der Waals surface area contributed by atoms with Crippen LogP contribution < -0.4 is 5.73 Å². The SMILES string of the molecule is CN(C1CCOCC1)C1CC(N)c2ccccc21. The maximum absolute atomic E-state index is 6.25. The predicted molar refractivity (Wildman–Crippen MR) is 72.3 cm³/mol. The van der Waals surface area contributed by atoms with Crippen LogP contribution in [0.2, 0.25) is 0 Å². The number of rotatable bonds is 2. The van der Waals surface area contributed by atoms with Crippen molar-refractivity contribution in [3.63, 3.8) is 0 Å². The van der Waals surface area contributed by atoms with E-state index in [0.29, 0.717) is 12.1 Å². The van der Waals surface area contributed by atoms with E-state index in [9.17, 15) is 0 Å². The Hall–Kier alpha value is -0.900. The minimum Gasteiger partial charge on any atom is -0.381 e. The minimum atomic E-state index is 0.202. The van der Waals surface area contributed by atoms with E-state index in [1.807, 2.05) is 0 Å². The monoisotopic (exact) mass is 246 g/mol. The van der Waals surface area contributed by atoms with E-state index in [4.69, 9.17) is 10.5 Å². The third kappa shape index (κ3) is 2.07. The lowest BCUT2D eigenvalue weighted by molar-refractivity contribution is 0.0276. The third-order valence-corrected chi connectivity index (χ3v) is 4.49. The second-order valence-corrected chi connectivity index (χ2v) is 5.50. The van der Waals surface area contributed by atoms with Crippen molar-refractivity contribution in [2.24, 2.45) is 5.73 Å². The molecular formula is C15H22N2O. The van der Waals surface area contributed by atoms with Crippen LogP contribution in [0, 0.1) is 0 Å². The van der Waals surface area contributed by atoms with Gasteiger partial charge >= 0.3 is 0 Å². The molecule has 1 aliphatic heterocycles. The molecular weight excluding hydrogens is 224 g/mol. The van der Waals surface area contributed by atoms with Crippen LogP contribution in [0.1, 0.15) is 42.5 Å². The molecule has 2 atom stereocenters. The highest BCUT2D eigenvalue weighted by Gasteiger charge is 2.34. The van der Waals surface area contributed by atoms with Crippen LogP contribution in [-0.2, 0) is 4.74 Å². The topological polar surface area (TPSA) is 38.5 Å². The standard InChI is InChI=1S/C15H22N2O/c1-17(11-6-8-18-9-7-11)15-10-14(16)12-4-2-3-5-13(12)15/h2-5,11,14-15H,6-10,16H2,1H3. The third-order valence-electron chi connectivity index (χ3n) is 4.49. The Morgan fingerprint density at radius 1 is 1.17 bits per heavy atom. The van der Waals surface area contributed by atoms with Gasteiger partial charge in [0.2, 0.25) is 0 Å². The number of nitrogens with two attached hydrogens (primary N) is 1. The lowest BCUT2D eigenvalue weighted by atomic mass is 10.0. The first kappa shape index (κ1) is 12.2. The predicted octanol–water partition coefficient (Wildman–Crippen LogP) is 2.24. The van der Waals surface area contributed by atoms with Crippen molar-refractivity contribution in [3.05, 3.63) is 35.4 Å². The lowest BCUT2D eigenvalue weighted by Crippen LogP contribution is -2.38. The largest absolute Gasteiger partial charge is 0.381 e. The molecule has 3 heteroatoms. The molecule has 2 N–H and O–H groups in total. The first-order chi connectivity index (χ1) is 8.77. The zero-order valence-corrected chi connectivity index (χ0v) is 11.0. The minimum absolute atomic E-state index is 0.202. The van der Waals surface area contributed by atoms with E-state index >= 15 is 0 Å². The molecule has 98 valence electrons. The van der Waals surface area contributed by atoms with Crippen molar-refractivity contribution < 1.29 is 4.74 Å². The Labute approximate surface area is 109 Å². The van der Waals surface area contributed by atoms with Gasteiger partial charge in [0, 0.05) is 31.3 Å². The Morgan fingerprint density at radius 2 is 1.83 bits per heavy atom. The summed E-state index contributed by atoms with van der Waals surface area (Å²) in [5.41, 5.74) is 9.02. The number of hydrogen-bond acceptors (Lipinski definition) is 3. The maximum atomic E-state index is 6.25. The van der Waals surface area contributed by atoms with Gasteiger partial charge in [-0.05, 0) is 37.4 Å². The lowest BCUT2D eigenvalue weighted by Gasteiger charge is -2.36. The molecule has 0 aromatic heterocycles. The summed E-state index contributed by atoms with van der Waals surface area (Å²) >= 11 is 0. The van der Waals surface area contributed by atoms with Crippen LogP contribution in [0.3, 0.4) is 0 Å². The molecule has 3 nitrogen and oxygen atoms in total. The Bertz CT molecular complexity index is 415. The van der Waals surface area contributed by atoms with E-state index in [2.05, 4.69) is 36.2 Å². The molecule has 1 heterocycles. The molecule has 18 heavy (non-hydrogen) atoms. The van der Waals surface area contributed by atoms with E-state index < -0.39 is 0 Å². The first-order valence-corrected chi connectivity index (χ1v) is 6.91. The van der Waals surface area contributed by atoms with Gasteiger partial charge in [0.05, 0.1) is 0 Å². The highest BCUT2D eigenvalue weighted by molar-refractivity contribution is 5.37. The molecule has 1 saturated heterocycles. The Kier molecular flexibility index (Phi) is 3.37. The van der Waals surface area contributed by atoms with E-state index in [-0.39, 0.29) is 6.04 Å². The average molecular weight is 246 g/mol. The number of fused-ring (bicyclic) bond motifs is 1.